The first-order valence-electron chi connectivity index (χ1n) is 16.3. The number of carbonyl (C=O) groups is 2. The van der Waals surface area contributed by atoms with Crippen molar-refractivity contribution in [2.45, 2.75) is 68.3 Å². The molecule has 1 N–H and O–H groups in total. The lowest BCUT2D eigenvalue weighted by Gasteiger charge is -2.67. The number of methoxy groups -OCH3 is 5. The van der Waals surface area contributed by atoms with Crippen LogP contribution >= 0.6 is 0 Å². The lowest BCUT2D eigenvalue weighted by Crippen LogP contribution is -2.76. The molecule has 1 heterocycles. The van der Waals surface area contributed by atoms with Crippen LogP contribution in [0.2, 0.25) is 0 Å². The van der Waals surface area contributed by atoms with Crippen LogP contribution in [-0.4, -0.2) is 119 Å². The predicted molar refractivity (Wildman–Crippen MR) is 164 cm³/mol. The Labute approximate surface area is 270 Å². The number of aliphatic hydroxyl groups is 1. The van der Waals surface area contributed by atoms with Gasteiger partial charge in [0.15, 0.2) is 0 Å². The number of benzene rings is 1. The number of carbonyl (C=O) groups excluding carboxylic acids is 2. The average Bonchev–Trinajstić information content (AvgIpc) is 3.42. The highest BCUT2D eigenvalue weighted by Gasteiger charge is 2.89. The Morgan fingerprint density at radius 3 is 2.33 bits per heavy atom. The van der Waals surface area contributed by atoms with Crippen LogP contribution in [0.5, 0.6) is 5.75 Å². The van der Waals surface area contributed by atoms with Crippen LogP contribution in [0.1, 0.15) is 37.0 Å². The Morgan fingerprint density at radius 2 is 1.74 bits per heavy atom. The molecule has 1 saturated heterocycles. The number of rotatable bonds is 10. The molecule has 7 rings (SSSR count). The molecular weight excluding hydrogens is 594 g/mol. The van der Waals surface area contributed by atoms with Gasteiger partial charge in [-0.05, 0) is 43.1 Å². The van der Waals surface area contributed by atoms with Crippen LogP contribution in [0.3, 0.4) is 0 Å². The van der Waals surface area contributed by atoms with Gasteiger partial charge in [0.1, 0.15) is 23.1 Å². The third-order valence-electron chi connectivity index (χ3n) is 12.8. The molecule has 0 amide bonds. The van der Waals surface area contributed by atoms with Gasteiger partial charge in [0.05, 0.1) is 37.6 Å². The first-order valence-corrected chi connectivity index (χ1v) is 16.3. The summed E-state index contributed by atoms with van der Waals surface area (Å²) >= 11 is 0. The summed E-state index contributed by atoms with van der Waals surface area (Å²) < 4.78 is 43.3. The lowest BCUT2D eigenvalue weighted by atomic mass is 9.44. The summed E-state index contributed by atoms with van der Waals surface area (Å²) in [6.45, 7) is 5.56. The molecule has 46 heavy (non-hydrogen) atoms. The molecule has 13 atom stereocenters. The van der Waals surface area contributed by atoms with E-state index in [2.05, 4.69) is 24.0 Å². The third-order valence-corrected chi connectivity index (χ3v) is 12.8. The maximum atomic E-state index is 13.9. The largest absolute Gasteiger partial charge is 0.497 e. The van der Waals surface area contributed by atoms with Crippen LogP contribution in [0, 0.1) is 34.5 Å². The molecule has 5 fully saturated rings. The fourth-order valence-corrected chi connectivity index (χ4v) is 11.9. The topological polar surface area (TPSA) is 122 Å². The van der Waals surface area contributed by atoms with Crippen molar-refractivity contribution in [2.24, 2.45) is 34.5 Å². The first-order chi connectivity index (χ1) is 22.1. The van der Waals surface area contributed by atoms with E-state index in [1.165, 1.54) is 6.92 Å². The second-order valence-electron chi connectivity index (χ2n) is 14.3. The van der Waals surface area contributed by atoms with E-state index in [0.717, 1.165) is 13.1 Å². The van der Waals surface area contributed by atoms with Crippen molar-refractivity contribution in [3.63, 3.8) is 0 Å². The minimum absolute atomic E-state index is 0.0815. The van der Waals surface area contributed by atoms with Crippen molar-refractivity contribution >= 4 is 11.9 Å². The highest BCUT2D eigenvalue weighted by Crippen LogP contribution is 2.79. The number of esters is 2. The molecule has 5 aliphatic carbocycles. The Kier molecular flexibility index (Phi) is 7.66. The van der Waals surface area contributed by atoms with Crippen LogP contribution < -0.4 is 4.74 Å². The summed E-state index contributed by atoms with van der Waals surface area (Å²) in [5.74, 6) is -1.63. The van der Waals surface area contributed by atoms with Gasteiger partial charge >= 0.3 is 11.9 Å². The number of nitrogens with zero attached hydrogens (tertiary/aromatic N) is 1. The lowest BCUT2D eigenvalue weighted by molar-refractivity contribution is -0.276. The Hall–Kier alpha value is -2.54. The van der Waals surface area contributed by atoms with E-state index < -0.39 is 52.1 Å². The highest BCUT2D eigenvalue weighted by molar-refractivity contribution is 5.89. The molecule has 0 aromatic heterocycles. The molecule has 11 nitrogen and oxygen atoms in total. The Balaban J connectivity index is 1.46. The zero-order chi connectivity index (χ0) is 32.8. The van der Waals surface area contributed by atoms with E-state index >= 15 is 0 Å². The zero-order valence-electron chi connectivity index (χ0n) is 27.8. The molecule has 7 bridgehead atoms. The summed E-state index contributed by atoms with van der Waals surface area (Å²) in [4.78, 5) is 29.6. The van der Waals surface area contributed by atoms with E-state index in [-0.39, 0.29) is 48.8 Å². The van der Waals surface area contributed by atoms with Gasteiger partial charge in [-0.2, -0.15) is 0 Å². The fraction of sp³-hybridized carbons (Fsp3) is 0.714. The van der Waals surface area contributed by atoms with Crippen molar-refractivity contribution < 1.29 is 47.9 Å². The van der Waals surface area contributed by atoms with Gasteiger partial charge in [0.25, 0.3) is 0 Å². The van der Waals surface area contributed by atoms with Crippen LogP contribution in [0.4, 0.5) is 0 Å². The molecule has 252 valence electrons. The van der Waals surface area contributed by atoms with E-state index in [1.807, 2.05) is 0 Å². The SMILES string of the molecule is CCN1CC2(COC)C=C[C@H](OC)[C@]34C1[C@H]([C@@H](OC)[C@H]23)[C@]1(OC(C)=O)C[C@H](OC)[C@@]2(O)C[C@@H]4[C@@H]1[C@H]2OC(=O)c1ccc(OC)cc1. The quantitative estimate of drug-likeness (QED) is 0.300. The van der Waals surface area contributed by atoms with Crippen LogP contribution in [0.25, 0.3) is 0 Å². The smallest absolute Gasteiger partial charge is 0.338 e. The van der Waals surface area contributed by atoms with Crippen LogP contribution in [-0.2, 0) is 33.2 Å². The molecule has 1 aromatic carbocycles. The number of piperidine rings is 1. The number of hydrogen-bond donors (Lipinski definition) is 1. The number of ether oxygens (including phenoxy) is 7. The minimum atomic E-state index is -1.54. The van der Waals surface area contributed by atoms with E-state index in [4.69, 9.17) is 33.2 Å². The molecule has 6 aliphatic rings. The standard InChI is InChI=1S/C35H47NO10/c1-8-36-17-32(18-40-3)14-13-23(42-5)35-22-15-33(39)24(43-6)16-34(46-19(2)37,26(29(35)36)27(44-7)28(32)35)25(22)30(33)45-31(38)20-9-11-21(41-4)12-10-20/h9-14,22-30,39H,8,15-18H2,1-7H3/t22-,23+,24+,25-,26+,27-,28-,29?,30-,32?,33+,34+,35+/m1/s1. The molecule has 11 heteroatoms. The molecule has 1 aliphatic heterocycles. The van der Waals surface area contributed by atoms with Gasteiger partial charge in [-0.1, -0.05) is 19.1 Å². The van der Waals surface area contributed by atoms with Gasteiger partial charge < -0.3 is 38.3 Å². The Bertz CT molecular complexity index is 1400. The normalized spacial score (nSPS) is 46.2. The van der Waals surface area contributed by atoms with Crippen LogP contribution in [0.15, 0.2) is 36.4 Å². The monoisotopic (exact) mass is 641 g/mol. The highest BCUT2D eigenvalue weighted by atomic mass is 16.6. The van der Waals surface area contributed by atoms with Crippen molar-refractivity contribution in [2.75, 3.05) is 55.2 Å². The van der Waals surface area contributed by atoms with Gasteiger partial charge in [0, 0.05) is 83.0 Å². The van der Waals surface area contributed by atoms with E-state index in [9.17, 15) is 14.7 Å². The maximum Gasteiger partial charge on any atom is 0.338 e. The van der Waals surface area contributed by atoms with Gasteiger partial charge in [0.2, 0.25) is 0 Å². The number of fused-ring (bicyclic) bond motifs is 2. The summed E-state index contributed by atoms with van der Waals surface area (Å²) in [7, 11) is 8.31. The zero-order valence-corrected chi connectivity index (χ0v) is 27.8. The molecular formula is C35H47NO10. The molecule has 0 radical (unpaired) electrons. The fourth-order valence-electron chi connectivity index (χ4n) is 11.9. The average molecular weight is 642 g/mol. The van der Waals surface area contributed by atoms with Crippen molar-refractivity contribution in [1.82, 2.24) is 4.90 Å². The minimum Gasteiger partial charge on any atom is -0.497 e. The summed E-state index contributed by atoms with van der Waals surface area (Å²) in [5.41, 5.74) is -3.36. The van der Waals surface area contributed by atoms with Gasteiger partial charge in [-0.25, -0.2) is 4.79 Å². The number of hydrogen-bond acceptors (Lipinski definition) is 11. The van der Waals surface area contributed by atoms with Gasteiger partial charge in [-0.3, -0.25) is 9.69 Å². The summed E-state index contributed by atoms with van der Waals surface area (Å²) in [6.07, 6.45) is 2.50. The maximum absolute atomic E-state index is 13.9. The number of likely N-dealkylation sites (tertiary alicyclic amines) is 1. The summed E-state index contributed by atoms with van der Waals surface area (Å²) in [6, 6.07) is 6.58. The Morgan fingerprint density at radius 1 is 1.00 bits per heavy atom. The molecule has 1 aromatic rings. The van der Waals surface area contributed by atoms with Crippen molar-refractivity contribution in [3.05, 3.63) is 42.0 Å². The van der Waals surface area contributed by atoms with Crippen molar-refractivity contribution in [1.29, 1.82) is 0 Å². The second-order valence-corrected chi connectivity index (χ2v) is 14.3. The van der Waals surface area contributed by atoms with Gasteiger partial charge in [-0.15, -0.1) is 0 Å². The molecule has 1 spiro atoms. The third kappa shape index (κ3) is 3.81. The first kappa shape index (κ1) is 32.0. The van der Waals surface area contributed by atoms with E-state index in [1.54, 1.807) is 59.8 Å². The second kappa shape index (κ2) is 11.0. The predicted octanol–water partition coefficient (Wildman–Crippen LogP) is 2.49. The molecule has 4 saturated carbocycles. The van der Waals surface area contributed by atoms with E-state index in [0.29, 0.717) is 17.9 Å². The summed E-state index contributed by atoms with van der Waals surface area (Å²) in [5, 5.41) is 12.8. The molecule has 2 unspecified atom stereocenters. The van der Waals surface area contributed by atoms with Crippen molar-refractivity contribution in [3.8, 4) is 5.75 Å².